The molecule has 3 aromatic rings. The van der Waals surface area contributed by atoms with E-state index in [0.29, 0.717) is 33.0 Å². The first-order valence-corrected chi connectivity index (χ1v) is 12.5. The topological polar surface area (TPSA) is 85.3 Å². The third-order valence-electron chi connectivity index (χ3n) is 6.46. The predicted molar refractivity (Wildman–Crippen MR) is 139 cm³/mol. The van der Waals surface area contributed by atoms with Gasteiger partial charge < -0.3 is 15.5 Å². The van der Waals surface area contributed by atoms with Crippen molar-refractivity contribution in [3.63, 3.8) is 0 Å². The van der Waals surface area contributed by atoms with Crippen LogP contribution in [0.3, 0.4) is 0 Å². The normalized spacial score (nSPS) is 16.0. The highest BCUT2D eigenvalue weighted by Gasteiger charge is 2.33. The second-order valence-corrected chi connectivity index (χ2v) is 11.4. The molecule has 178 valence electrons. The summed E-state index contributed by atoms with van der Waals surface area (Å²) >= 11 is 7.67. The summed E-state index contributed by atoms with van der Waals surface area (Å²) in [5.74, 6) is 0.885. The fraction of sp³-hybridized carbons (Fsp3) is 0.333. The van der Waals surface area contributed by atoms with Crippen LogP contribution in [-0.2, 0) is 17.6 Å². The highest BCUT2D eigenvalue weighted by atomic mass is 35.5. The van der Waals surface area contributed by atoms with Gasteiger partial charge in [0.1, 0.15) is 16.5 Å². The monoisotopic (exact) mass is 496 g/mol. The average molecular weight is 497 g/mol. The summed E-state index contributed by atoms with van der Waals surface area (Å²) in [6.07, 6.45) is 5.70. The van der Waals surface area contributed by atoms with Crippen LogP contribution in [0.1, 0.15) is 59.3 Å². The Balaban J connectivity index is 1.49. The van der Waals surface area contributed by atoms with Crippen LogP contribution in [0.25, 0.3) is 17.4 Å². The molecule has 0 aliphatic heterocycles. The number of nitrogens with one attached hydrogen (secondary N) is 1. The van der Waals surface area contributed by atoms with Crippen molar-refractivity contribution in [1.82, 2.24) is 0 Å². The van der Waals surface area contributed by atoms with E-state index in [-0.39, 0.29) is 11.3 Å². The Morgan fingerprint density at radius 3 is 2.68 bits per heavy atom. The zero-order valence-corrected chi connectivity index (χ0v) is 21.4. The van der Waals surface area contributed by atoms with Crippen LogP contribution in [-0.4, -0.2) is 11.8 Å². The summed E-state index contributed by atoms with van der Waals surface area (Å²) < 4.78 is 5.84. The summed E-state index contributed by atoms with van der Waals surface area (Å²) in [6.45, 7) is 8.67. The van der Waals surface area contributed by atoms with Crippen molar-refractivity contribution in [3.05, 3.63) is 68.8 Å². The molecule has 5 nitrogen and oxygen atoms in total. The maximum Gasteiger partial charge on any atom is 0.251 e. The smallest absolute Gasteiger partial charge is 0.251 e. The zero-order valence-electron chi connectivity index (χ0n) is 19.8. The van der Waals surface area contributed by atoms with Gasteiger partial charge in [-0.05, 0) is 72.9 Å². The number of fused-ring (bicyclic) bond motifs is 1. The van der Waals surface area contributed by atoms with Crippen LogP contribution in [0.2, 0.25) is 5.02 Å². The fourth-order valence-corrected chi connectivity index (χ4v) is 5.85. The van der Waals surface area contributed by atoms with Gasteiger partial charge in [0, 0.05) is 21.5 Å². The van der Waals surface area contributed by atoms with Crippen molar-refractivity contribution in [2.45, 2.75) is 47.0 Å². The quantitative estimate of drug-likeness (QED) is 0.378. The summed E-state index contributed by atoms with van der Waals surface area (Å²) in [7, 11) is 0. The third-order valence-corrected chi connectivity index (χ3v) is 8.03. The van der Waals surface area contributed by atoms with Gasteiger partial charge in [-0.15, -0.1) is 11.3 Å². The van der Waals surface area contributed by atoms with Gasteiger partial charge in [0.2, 0.25) is 5.91 Å². The molecule has 7 heteroatoms. The van der Waals surface area contributed by atoms with Gasteiger partial charge in [-0.2, -0.15) is 0 Å². The zero-order chi connectivity index (χ0) is 24.6. The molecule has 2 amide bonds. The molecule has 0 saturated carbocycles. The number of primary amides is 1. The number of nitrogens with two attached hydrogens (primary N) is 1. The molecule has 4 rings (SSSR count). The number of hydrogen-bond acceptors (Lipinski definition) is 4. The van der Waals surface area contributed by atoms with Crippen molar-refractivity contribution < 1.29 is 14.0 Å². The van der Waals surface area contributed by atoms with Gasteiger partial charge in [-0.3, -0.25) is 9.59 Å². The minimum atomic E-state index is -0.501. The molecule has 0 fully saturated rings. The highest BCUT2D eigenvalue weighted by molar-refractivity contribution is 7.17. The van der Waals surface area contributed by atoms with Gasteiger partial charge in [0.05, 0.1) is 5.56 Å². The van der Waals surface area contributed by atoms with E-state index in [1.165, 1.54) is 17.4 Å². The van der Waals surface area contributed by atoms with E-state index in [1.54, 1.807) is 12.1 Å². The van der Waals surface area contributed by atoms with Crippen LogP contribution in [0, 0.1) is 18.3 Å². The van der Waals surface area contributed by atoms with Crippen molar-refractivity contribution >= 4 is 45.8 Å². The second kappa shape index (κ2) is 9.43. The van der Waals surface area contributed by atoms with Crippen LogP contribution < -0.4 is 11.1 Å². The second-order valence-electron chi connectivity index (χ2n) is 9.87. The van der Waals surface area contributed by atoms with E-state index in [0.717, 1.165) is 40.8 Å². The first-order chi connectivity index (χ1) is 16.0. The number of carbonyl (C=O) groups is 2. The van der Waals surface area contributed by atoms with Gasteiger partial charge in [0.25, 0.3) is 5.91 Å². The number of thiophene rings is 1. The highest BCUT2D eigenvalue weighted by Crippen LogP contribution is 2.44. The Morgan fingerprint density at radius 2 is 2.00 bits per heavy atom. The first-order valence-electron chi connectivity index (χ1n) is 11.3. The molecule has 1 aliphatic rings. The molecule has 3 N–H and O–H groups in total. The average Bonchev–Trinajstić information content (AvgIpc) is 3.37. The lowest BCUT2D eigenvalue weighted by atomic mass is 9.72. The number of amides is 2. The number of carbonyl (C=O) groups excluding carboxylic acids is 2. The molecular formula is C27H29ClN2O3S. The molecular weight excluding hydrogens is 468 g/mol. The minimum absolute atomic E-state index is 0.187. The number of hydrogen-bond donors (Lipinski definition) is 2. The van der Waals surface area contributed by atoms with Crippen LogP contribution in [0.5, 0.6) is 0 Å². The Labute approximate surface area is 209 Å². The number of anilines is 1. The molecule has 1 atom stereocenters. The molecule has 0 bridgehead atoms. The molecule has 2 heterocycles. The molecule has 1 aromatic carbocycles. The van der Waals surface area contributed by atoms with E-state index in [9.17, 15) is 9.59 Å². The van der Waals surface area contributed by atoms with E-state index in [1.807, 2.05) is 31.2 Å². The number of rotatable bonds is 5. The maximum atomic E-state index is 12.7. The van der Waals surface area contributed by atoms with E-state index in [2.05, 4.69) is 26.1 Å². The van der Waals surface area contributed by atoms with Gasteiger partial charge in [-0.25, -0.2) is 0 Å². The SMILES string of the molecule is Cc1ccc(-c2ccc(/C=C/C(=O)Nc3sc4c(c3C(N)=O)CC[C@@H](C(C)(C)C)C4)o2)cc1Cl. The first kappa shape index (κ1) is 24.3. The van der Waals surface area contributed by atoms with Crippen molar-refractivity contribution in [2.75, 3.05) is 5.32 Å². The number of halogens is 1. The van der Waals surface area contributed by atoms with Crippen molar-refractivity contribution in [3.8, 4) is 11.3 Å². The Morgan fingerprint density at radius 1 is 1.24 bits per heavy atom. The van der Waals surface area contributed by atoms with Crippen molar-refractivity contribution in [2.24, 2.45) is 17.1 Å². The minimum Gasteiger partial charge on any atom is -0.457 e. The van der Waals surface area contributed by atoms with Gasteiger partial charge >= 0.3 is 0 Å². The third kappa shape index (κ3) is 5.13. The number of aryl methyl sites for hydroxylation is 1. The Kier molecular flexibility index (Phi) is 6.74. The van der Waals surface area contributed by atoms with Gasteiger partial charge in [0.15, 0.2) is 0 Å². The molecule has 0 spiro atoms. The maximum absolute atomic E-state index is 12.7. The standard InChI is InChI=1S/C27H29ClN2O3S/c1-15-5-6-16(13-20(15)28)21-11-8-18(33-21)9-12-23(31)30-26-24(25(29)32)19-10-7-17(27(2,3)4)14-22(19)34-26/h5-6,8-9,11-13,17H,7,10,14H2,1-4H3,(H2,29,32)(H,30,31)/b12-9+/t17-/m1/s1. The summed E-state index contributed by atoms with van der Waals surface area (Å²) in [4.78, 5) is 26.0. The van der Waals surface area contributed by atoms with Crippen LogP contribution in [0.4, 0.5) is 5.00 Å². The summed E-state index contributed by atoms with van der Waals surface area (Å²) in [5, 5.41) is 4.05. The van der Waals surface area contributed by atoms with Gasteiger partial charge in [-0.1, -0.05) is 44.5 Å². The van der Waals surface area contributed by atoms with E-state index in [4.69, 9.17) is 21.8 Å². The fourth-order valence-electron chi connectivity index (χ4n) is 4.33. The molecule has 0 unspecified atom stereocenters. The lowest BCUT2D eigenvalue weighted by molar-refractivity contribution is -0.111. The molecule has 0 saturated heterocycles. The van der Waals surface area contributed by atoms with E-state index < -0.39 is 5.91 Å². The Bertz CT molecular complexity index is 1280. The molecule has 1 aliphatic carbocycles. The molecule has 0 radical (unpaired) electrons. The lowest BCUT2D eigenvalue weighted by Gasteiger charge is -2.33. The van der Waals surface area contributed by atoms with E-state index >= 15 is 0 Å². The van der Waals surface area contributed by atoms with Crippen LogP contribution >= 0.6 is 22.9 Å². The molecule has 2 aromatic heterocycles. The van der Waals surface area contributed by atoms with Crippen LogP contribution in [0.15, 0.2) is 40.8 Å². The predicted octanol–water partition coefficient (Wildman–Crippen LogP) is 6.87. The lowest BCUT2D eigenvalue weighted by Crippen LogP contribution is -2.27. The summed E-state index contributed by atoms with van der Waals surface area (Å²) in [6, 6.07) is 9.35. The largest absolute Gasteiger partial charge is 0.457 e. The number of furan rings is 1. The Hall–Kier alpha value is -2.83. The molecule has 34 heavy (non-hydrogen) atoms. The summed E-state index contributed by atoms with van der Waals surface area (Å²) in [5.41, 5.74) is 9.18. The number of benzene rings is 1. The van der Waals surface area contributed by atoms with Crippen molar-refractivity contribution in [1.29, 1.82) is 0 Å².